The smallest absolute Gasteiger partial charge is 0.322 e. The van der Waals surface area contributed by atoms with Crippen LogP contribution in [0.5, 0.6) is 0 Å². The molecule has 9 heteroatoms. The van der Waals surface area contributed by atoms with Crippen LogP contribution in [0.1, 0.15) is 26.2 Å². The van der Waals surface area contributed by atoms with E-state index in [1.807, 2.05) is 0 Å². The second-order valence-corrected chi connectivity index (χ2v) is 7.59. The van der Waals surface area contributed by atoms with Crippen LogP contribution in [-0.2, 0) is 19.6 Å². The Hall–Kier alpha value is -1.64. The molecule has 1 aromatic carbocycles. The summed E-state index contributed by atoms with van der Waals surface area (Å²) < 4.78 is 26.4. The van der Waals surface area contributed by atoms with Gasteiger partial charge in [0.15, 0.2) is 0 Å². The lowest BCUT2D eigenvalue weighted by molar-refractivity contribution is -0.142. The lowest BCUT2D eigenvalue weighted by Gasteiger charge is -2.31. The van der Waals surface area contributed by atoms with Crippen molar-refractivity contribution in [2.24, 2.45) is 0 Å². The number of anilines is 1. The Morgan fingerprint density at radius 3 is 2.61 bits per heavy atom. The van der Waals surface area contributed by atoms with Crippen LogP contribution in [0.25, 0.3) is 0 Å². The van der Waals surface area contributed by atoms with E-state index >= 15 is 0 Å². The third-order valence-corrected chi connectivity index (χ3v) is 5.81. The molecule has 2 N–H and O–H groups in total. The van der Waals surface area contributed by atoms with Crippen molar-refractivity contribution in [1.29, 1.82) is 0 Å². The highest BCUT2D eigenvalue weighted by Crippen LogP contribution is 2.30. The third-order valence-electron chi connectivity index (χ3n) is 3.60. The summed E-state index contributed by atoms with van der Waals surface area (Å²) in [5.41, 5.74) is 0.298. The minimum absolute atomic E-state index is 0.0742. The highest BCUT2D eigenvalue weighted by Gasteiger charge is 2.37. The van der Waals surface area contributed by atoms with E-state index in [0.717, 1.165) is 4.31 Å². The second-order valence-electron chi connectivity index (χ2n) is 5.29. The summed E-state index contributed by atoms with van der Waals surface area (Å²) in [5, 5.41) is 11.8. The number of halogens is 1. The summed E-state index contributed by atoms with van der Waals surface area (Å²) in [7, 11) is -3.97. The Morgan fingerprint density at radius 2 is 2.04 bits per heavy atom. The number of aliphatic carboxylic acids is 1. The molecule has 0 radical (unpaired) electrons. The second kappa shape index (κ2) is 6.86. The Balaban J connectivity index is 2.37. The molecule has 1 atom stereocenters. The molecular formula is C14H17ClN2O5S. The van der Waals surface area contributed by atoms with Gasteiger partial charge in [-0.15, -0.1) is 0 Å². The quantitative estimate of drug-likeness (QED) is 0.853. The van der Waals surface area contributed by atoms with Crippen molar-refractivity contribution in [2.45, 2.75) is 37.1 Å². The number of carboxylic acids is 1. The summed E-state index contributed by atoms with van der Waals surface area (Å²) in [5.74, 6) is -1.49. The fourth-order valence-corrected chi connectivity index (χ4v) is 4.49. The Morgan fingerprint density at radius 1 is 1.35 bits per heavy atom. The fraction of sp³-hybridized carbons (Fsp3) is 0.429. The van der Waals surface area contributed by atoms with Gasteiger partial charge in [0.2, 0.25) is 15.9 Å². The first-order chi connectivity index (χ1) is 10.7. The number of rotatable bonds is 4. The number of sulfonamides is 1. The van der Waals surface area contributed by atoms with Gasteiger partial charge < -0.3 is 10.4 Å². The summed E-state index contributed by atoms with van der Waals surface area (Å²) >= 11 is 6.00. The summed E-state index contributed by atoms with van der Waals surface area (Å²) in [6, 6.07) is 2.84. The van der Waals surface area contributed by atoms with Gasteiger partial charge in [-0.25, -0.2) is 8.42 Å². The van der Waals surface area contributed by atoms with Gasteiger partial charge in [-0.2, -0.15) is 4.31 Å². The number of carbonyl (C=O) groups is 2. The van der Waals surface area contributed by atoms with Gasteiger partial charge in [0.1, 0.15) is 6.04 Å². The standard InChI is InChI=1S/C14H17ClN2O5S/c1-9(18)16-12-6-5-10(8-11(12)15)23(21,22)17-7-3-2-4-13(17)14(19)20/h5-6,8,13H,2-4,7H2,1H3,(H,16,18)(H,19,20). The van der Waals surface area contributed by atoms with Crippen molar-refractivity contribution in [3.63, 3.8) is 0 Å². The van der Waals surface area contributed by atoms with Gasteiger partial charge in [-0.1, -0.05) is 11.6 Å². The van der Waals surface area contributed by atoms with Crippen LogP contribution in [0, 0.1) is 0 Å². The van der Waals surface area contributed by atoms with E-state index in [9.17, 15) is 23.1 Å². The van der Waals surface area contributed by atoms with Gasteiger partial charge in [0.05, 0.1) is 15.6 Å². The first-order valence-electron chi connectivity index (χ1n) is 7.05. The van der Waals surface area contributed by atoms with Crippen LogP contribution >= 0.6 is 11.6 Å². The molecule has 1 fully saturated rings. The van der Waals surface area contributed by atoms with E-state index in [-0.39, 0.29) is 28.8 Å². The van der Waals surface area contributed by atoms with Gasteiger partial charge in [-0.05, 0) is 37.5 Å². The molecule has 1 aromatic rings. The number of amides is 1. The van der Waals surface area contributed by atoms with Crippen LogP contribution < -0.4 is 5.32 Å². The van der Waals surface area contributed by atoms with Crippen LogP contribution in [0.3, 0.4) is 0 Å². The van der Waals surface area contributed by atoms with Gasteiger partial charge >= 0.3 is 5.97 Å². The molecule has 23 heavy (non-hydrogen) atoms. The molecule has 1 unspecified atom stereocenters. The number of nitrogens with zero attached hydrogens (tertiary/aromatic N) is 1. The van der Waals surface area contributed by atoms with Crippen molar-refractivity contribution in [2.75, 3.05) is 11.9 Å². The molecule has 0 spiro atoms. The Kier molecular flexibility index (Phi) is 5.28. The van der Waals surface area contributed by atoms with Gasteiger partial charge in [0, 0.05) is 13.5 Å². The van der Waals surface area contributed by atoms with Gasteiger partial charge in [0.25, 0.3) is 0 Å². The van der Waals surface area contributed by atoms with E-state index < -0.39 is 22.0 Å². The molecule has 0 bridgehead atoms. The minimum atomic E-state index is -3.97. The third kappa shape index (κ3) is 3.82. The Labute approximate surface area is 139 Å². The monoisotopic (exact) mass is 360 g/mol. The summed E-state index contributed by atoms with van der Waals surface area (Å²) in [6.45, 7) is 1.47. The van der Waals surface area contributed by atoms with E-state index in [4.69, 9.17) is 11.6 Å². The zero-order valence-electron chi connectivity index (χ0n) is 12.5. The van der Waals surface area contributed by atoms with E-state index in [0.29, 0.717) is 18.5 Å². The molecule has 2 rings (SSSR count). The van der Waals surface area contributed by atoms with E-state index in [2.05, 4.69) is 5.32 Å². The highest BCUT2D eigenvalue weighted by molar-refractivity contribution is 7.89. The number of piperidine rings is 1. The molecule has 7 nitrogen and oxygen atoms in total. The maximum Gasteiger partial charge on any atom is 0.322 e. The van der Waals surface area contributed by atoms with Crippen LogP contribution in [0.2, 0.25) is 5.02 Å². The molecule has 1 aliphatic heterocycles. The summed E-state index contributed by atoms with van der Waals surface area (Å²) in [6.07, 6.45) is 1.57. The van der Waals surface area contributed by atoms with Crippen LogP contribution in [0.4, 0.5) is 5.69 Å². The van der Waals surface area contributed by atoms with E-state index in [1.165, 1.54) is 25.1 Å². The predicted octanol–water partition coefficient (Wildman–Crippen LogP) is 1.93. The zero-order chi connectivity index (χ0) is 17.2. The SMILES string of the molecule is CC(=O)Nc1ccc(S(=O)(=O)N2CCCCC2C(=O)O)cc1Cl. The predicted molar refractivity (Wildman–Crippen MR) is 84.9 cm³/mol. The van der Waals surface area contributed by atoms with Crippen molar-refractivity contribution in [3.8, 4) is 0 Å². The Bertz CT molecular complexity index is 735. The molecule has 0 saturated carbocycles. The maximum atomic E-state index is 12.7. The van der Waals surface area contributed by atoms with Crippen LogP contribution in [0.15, 0.2) is 23.1 Å². The first-order valence-corrected chi connectivity index (χ1v) is 8.87. The highest BCUT2D eigenvalue weighted by atomic mass is 35.5. The topological polar surface area (TPSA) is 104 Å². The van der Waals surface area contributed by atoms with Crippen molar-refractivity contribution in [1.82, 2.24) is 4.31 Å². The average Bonchev–Trinajstić information content (AvgIpc) is 2.48. The number of hydrogen-bond acceptors (Lipinski definition) is 4. The zero-order valence-corrected chi connectivity index (χ0v) is 14.0. The maximum absolute atomic E-state index is 12.7. The first kappa shape index (κ1) is 17.7. The molecule has 1 amide bonds. The van der Waals surface area contributed by atoms with Crippen molar-refractivity contribution in [3.05, 3.63) is 23.2 Å². The lowest BCUT2D eigenvalue weighted by Crippen LogP contribution is -2.47. The van der Waals surface area contributed by atoms with Crippen molar-refractivity contribution < 1.29 is 23.1 Å². The van der Waals surface area contributed by atoms with Crippen molar-refractivity contribution >= 4 is 39.2 Å². The minimum Gasteiger partial charge on any atom is -0.480 e. The number of carbonyl (C=O) groups excluding carboxylic acids is 1. The summed E-state index contributed by atoms with van der Waals surface area (Å²) in [4.78, 5) is 22.3. The molecule has 0 aliphatic carbocycles. The molecule has 1 saturated heterocycles. The molecular weight excluding hydrogens is 344 g/mol. The molecule has 1 heterocycles. The lowest BCUT2D eigenvalue weighted by atomic mass is 10.1. The molecule has 1 aliphatic rings. The van der Waals surface area contributed by atoms with E-state index in [1.54, 1.807) is 0 Å². The number of hydrogen-bond donors (Lipinski definition) is 2. The number of carboxylic acid groups (broad SMARTS) is 1. The van der Waals surface area contributed by atoms with Crippen LogP contribution in [-0.4, -0.2) is 42.3 Å². The fourth-order valence-electron chi connectivity index (χ4n) is 2.52. The molecule has 126 valence electrons. The van der Waals surface area contributed by atoms with Gasteiger partial charge in [-0.3, -0.25) is 9.59 Å². The largest absolute Gasteiger partial charge is 0.480 e. The average molecular weight is 361 g/mol. The number of nitrogens with one attached hydrogen (secondary N) is 1. The molecule has 0 aromatic heterocycles. The number of benzene rings is 1. The normalized spacial score (nSPS) is 19.3.